The first kappa shape index (κ1) is 17.4. The van der Waals surface area contributed by atoms with E-state index < -0.39 is 0 Å². The first-order valence-electron chi connectivity index (χ1n) is 8.76. The van der Waals surface area contributed by atoms with Gasteiger partial charge in [-0.2, -0.15) is 5.10 Å². The quantitative estimate of drug-likeness (QED) is 0.663. The molecule has 0 saturated carbocycles. The van der Waals surface area contributed by atoms with Crippen molar-refractivity contribution in [1.29, 1.82) is 0 Å². The third-order valence-corrected chi connectivity index (χ3v) is 4.28. The van der Waals surface area contributed by atoms with Gasteiger partial charge in [0.15, 0.2) is 0 Å². The number of nitrogens with one attached hydrogen (secondary N) is 1. The van der Waals surface area contributed by atoms with Gasteiger partial charge in [-0.3, -0.25) is 4.68 Å². The molecule has 1 unspecified atom stereocenters. The molecule has 130 valence electrons. The van der Waals surface area contributed by atoms with Crippen LogP contribution in [0, 0.1) is 0 Å². The topological polar surface area (TPSA) is 50.1 Å². The normalized spacial score (nSPS) is 12.2. The zero-order chi connectivity index (χ0) is 17.5. The van der Waals surface area contributed by atoms with E-state index in [4.69, 9.17) is 10.2 Å². The number of hydrogen-bond donors (Lipinski definition) is 2. The van der Waals surface area contributed by atoms with Crippen LogP contribution in [0.5, 0.6) is 0 Å². The highest BCUT2D eigenvalue weighted by molar-refractivity contribution is 5.62. The minimum absolute atomic E-state index is 0.201. The maximum Gasteiger partial charge on any atom is 0.0968 e. The molecule has 1 atom stereocenters. The van der Waals surface area contributed by atoms with Gasteiger partial charge in [-0.25, -0.2) is 0 Å². The van der Waals surface area contributed by atoms with Crippen molar-refractivity contribution in [3.63, 3.8) is 0 Å². The van der Waals surface area contributed by atoms with Crippen LogP contribution in [0.3, 0.4) is 0 Å². The Bertz CT molecular complexity index is 768. The predicted molar refractivity (Wildman–Crippen MR) is 101 cm³/mol. The molecule has 0 amide bonds. The maximum absolute atomic E-state index is 9.08. The van der Waals surface area contributed by atoms with E-state index in [1.54, 1.807) is 0 Å². The minimum atomic E-state index is 0.201. The smallest absolute Gasteiger partial charge is 0.0968 e. The summed E-state index contributed by atoms with van der Waals surface area (Å²) in [6, 6.07) is 20.9. The highest BCUT2D eigenvalue weighted by Gasteiger charge is 2.12. The molecule has 0 aliphatic heterocycles. The van der Waals surface area contributed by atoms with Crippen LogP contribution >= 0.6 is 0 Å². The van der Waals surface area contributed by atoms with E-state index in [2.05, 4.69) is 54.8 Å². The lowest BCUT2D eigenvalue weighted by molar-refractivity contribution is 0.268. The van der Waals surface area contributed by atoms with Crippen molar-refractivity contribution in [3.8, 4) is 11.3 Å². The van der Waals surface area contributed by atoms with Gasteiger partial charge in [0.25, 0.3) is 0 Å². The summed E-state index contributed by atoms with van der Waals surface area (Å²) in [5.74, 6) is 0. The second kappa shape index (κ2) is 8.60. The molecule has 0 fully saturated rings. The summed E-state index contributed by atoms with van der Waals surface area (Å²) in [6.45, 7) is 3.78. The highest BCUT2D eigenvalue weighted by Crippen LogP contribution is 2.22. The zero-order valence-electron chi connectivity index (χ0n) is 14.6. The third kappa shape index (κ3) is 4.78. The minimum Gasteiger partial charge on any atom is -0.396 e. The molecule has 0 saturated heterocycles. The number of aromatic nitrogens is 2. The standard InChI is InChI=1S/C21H25N3O/c1-17(12-13-25)22-14-20-16-24(15-18-8-4-2-5-9-18)23-21(20)19-10-6-3-7-11-19/h2-11,16-17,22,25H,12-15H2,1H3. The van der Waals surface area contributed by atoms with Crippen LogP contribution in [0.2, 0.25) is 0 Å². The molecular formula is C21H25N3O. The molecule has 4 nitrogen and oxygen atoms in total. The van der Waals surface area contributed by atoms with Crippen molar-refractivity contribution in [3.05, 3.63) is 78.0 Å². The predicted octanol–water partition coefficient (Wildman–Crippen LogP) is 3.46. The van der Waals surface area contributed by atoms with E-state index in [1.807, 2.05) is 28.9 Å². The Kier molecular flexibility index (Phi) is 5.99. The fourth-order valence-electron chi connectivity index (χ4n) is 2.86. The molecule has 1 aromatic heterocycles. The fraction of sp³-hybridized carbons (Fsp3) is 0.286. The molecule has 1 heterocycles. The van der Waals surface area contributed by atoms with E-state index in [0.29, 0.717) is 0 Å². The SMILES string of the molecule is CC(CCO)NCc1cn(Cc2ccccc2)nc1-c1ccccc1. The first-order chi connectivity index (χ1) is 12.3. The average molecular weight is 335 g/mol. The van der Waals surface area contributed by atoms with Crippen LogP contribution in [-0.4, -0.2) is 27.5 Å². The maximum atomic E-state index is 9.08. The molecule has 0 radical (unpaired) electrons. The summed E-state index contributed by atoms with van der Waals surface area (Å²) in [4.78, 5) is 0. The summed E-state index contributed by atoms with van der Waals surface area (Å²) < 4.78 is 2.01. The number of hydrogen-bond acceptors (Lipinski definition) is 3. The van der Waals surface area contributed by atoms with Crippen molar-refractivity contribution < 1.29 is 5.11 Å². The summed E-state index contributed by atoms with van der Waals surface area (Å²) in [5, 5.41) is 17.4. The summed E-state index contributed by atoms with van der Waals surface area (Å²) in [7, 11) is 0. The largest absolute Gasteiger partial charge is 0.396 e. The molecule has 0 spiro atoms. The third-order valence-electron chi connectivity index (χ3n) is 4.28. The molecule has 4 heteroatoms. The van der Waals surface area contributed by atoms with Crippen molar-refractivity contribution in [2.45, 2.75) is 32.5 Å². The van der Waals surface area contributed by atoms with Crippen molar-refractivity contribution in [2.75, 3.05) is 6.61 Å². The second-order valence-corrected chi connectivity index (χ2v) is 6.35. The van der Waals surface area contributed by atoms with Gasteiger partial charge >= 0.3 is 0 Å². The summed E-state index contributed by atoms with van der Waals surface area (Å²) in [5.41, 5.74) is 4.55. The molecule has 0 bridgehead atoms. The van der Waals surface area contributed by atoms with E-state index in [1.165, 1.54) is 11.1 Å². The molecule has 0 aliphatic rings. The number of rotatable bonds is 8. The number of aliphatic hydroxyl groups excluding tert-OH is 1. The van der Waals surface area contributed by atoms with Gasteiger partial charge in [-0.15, -0.1) is 0 Å². The molecular weight excluding hydrogens is 310 g/mol. The Morgan fingerprint density at radius 1 is 1.04 bits per heavy atom. The molecule has 25 heavy (non-hydrogen) atoms. The van der Waals surface area contributed by atoms with Crippen LogP contribution in [0.25, 0.3) is 11.3 Å². The second-order valence-electron chi connectivity index (χ2n) is 6.35. The highest BCUT2D eigenvalue weighted by atomic mass is 16.3. The van der Waals surface area contributed by atoms with Crippen LogP contribution in [0.1, 0.15) is 24.5 Å². The van der Waals surface area contributed by atoms with Crippen LogP contribution in [0.4, 0.5) is 0 Å². The molecule has 2 aromatic carbocycles. The van der Waals surface area contributed by atoms with E-state index >= 15 is 0 Å². The van der Waals surface area contributed by atoms with Gasteiger partial charge in [-0.05, 0) is 18.9 Å². The molecule has 3 rings (SSSR count). The summed E-state index contributed by atoms with van der Waals surface area (Å²) in [6.07, 6.45) is 2.87. The van der Waals surface area contributed by atoms with Crippen LogP contribution in [-0.2, 0) is 13.1 Å². The van der Waals surface area contributed by atoms with Crippen molar-refractivity contribution >= 4 is 0 Å². The Morgan fingerprint density at radius 2 is 1.72 bits per heavy atom. The summed E-state index contributed by atoms with van der Waals surface area (Å²) >= 11 is 0. The van der Waals surface area contributed by atoms with Crippen LogP contribution in [0.15, 0.2) is 66.9 Å². The number of benzene rings is 2. The van der Waals surface area contributed by atoms with Gasteiger partial charge in [0.1, 0.15) is 0 Å². The van der Waals surface area contributed by atoms with Gasteiger partial charge in [0, 0.05) is 36.5 Å². The number of nitrogens with zero attached hydrogens (tertiary/aromatic N) is 2. The Morgan fingerprint density at radius 3 is 2.40 bits per heavy atom. The fourth-order valence-corrected chi connectivity index (χ4v) is 2.86. The van der Waals surface area contributed by atoms with Gasteiger partial charge in [0.05, 0.1) is 12.2 Å². The molecule has 0 aliphatic carbocycles. The van der Waals surface area contributed by atoms with E-state index in [0.717, 1.165) is 30.8 Å². The number of aliphatic hydroxyl groups is 1. The zero-order valence-corrected chi connectivity index (χ0v) is 14.6. The average Bonchev–Trinajstić information content (AvgIpc) is 3.04. The van der Waals surface area contributed by atoms with E-state index in [-0.39, 0.29) is 12.6 Å². The lowest BCUT2D eigenvalue weighted by atomic mass is 10.1. The van der Waals surface area contributed by atoms with Gasteiger partial charge < -0.3 is 10.4 Å². The van der Waals surface area contributed by atoms with Gasteiger partial charge in [0.2, 0.25) is 0 Å². The van der Waals surface area contributed by atoms with Crippen LogP contribution < -0.4 is 5.32 Å². The molecule has 3 aromatic rings. The monoisotopic (exact) mass is 335 g/mol. The molecule has 2 N–H and O–H groups in total. The Balaban J connectivity index is 1.83. The Hall–Kier alpha value is -2.43. The van der Waals surface area contributed by atoms with Crippen molar-refractivity contribution in [1.82, 2.24) is 15.1 Å². The Labute approximate surface area is 149 Å². The van der Waals surface area contributed by atoms with E-state index in [9.17, 15) is 0 Å². The lowest BCUT2D eigenvalue weighted by Gasteiger charge is -2.12. The lowest BCUT2D eigenvalue weighted by Crippen LogP contribution is -2.26. The van der Waals surface area contributed by atoms with Crippen molar-refractivity contribution in [2.24, 2.45) is 0 Å². The first-order valence-corrected chi connectivity index (χ1v) is 8.76. The van der Waals surface area contributed by atoms with Gasteiger partial charge in [-0.1, -0.05) is 60.7 Å².